The van der Waals surface area contributed by atoms with E-state index in [1.54, 1.807) is 7.11 Å². The van der Waals surface area contributed by atoms with Crippen LogP contribution in [-0.4, -0.2) is 79.8 Å². The second-order valence-corrected chi connectivity index (χ2v) is 6.51. The molecule has 0 saturated carbocycles. The van der Waals surface area contributed by atoms with Gasteiger partial charge in [0.2, 0.25) is 5.91 Å². The van der Waals surface area contributed by atoms with E-state index in [1.807, 2.05) is 17.0 Å². The summed E-state index contributed by atoms with van der Waals surface area (Å²) in [6.45, 7) is 5.17. The highest BCUT2D eigenvalue weighted by Gasteiger charge is 2.29. The van der Waals surface area contributed by atoms with Gasteiger partial charge in [-0.05, 0) is 37.1 Å². The molecule has 1 atom stereocenters. The normalized spacial score (nSPS) is 22.5. The fourth-order valence-corrected chi connectivity index (χ4v) is 3.72. The SMILES string of the molecule is COc1ccc(N2CCN([C@H]3CCCN(C(=O)CO)C3)CC2)cc1. The summed E-state index contributed by atoms with van der Waals surface area (Å²) in [7, 11) is 1.68. The molecule has 132 valence electrons. The van der Waals surface area contributed by atoms with Crippen LogP contribution in [0.3, 0.4) is 0 Å². The third-order valence-electron chi connectivity index (χ3n) is 5.15. The Labute approximate surface area is 143 Å². The molecule has 6 nitrogen and oxygen atoms in total. The molecule has 0 aliphatic carbocycles. The summed E-state index contributed by atoms with van der Waals surface area (Å²) < 4.78 is 5.21. The largest absolute Gasteiger partial charge is 0.497 e. The van der Waals surface area contributed by atoms with Gasteiger partial charge in [-0.25, -0.2) is 0 Å². The number of hydrogen-bond acceptors (Lipinski definition) is 5. The molecule has 2 saturated heterocycles. The minimum atomic E-state index is -0.377. The van der Waals surface area contributed by atoms with Crippen LogP contribution in [0.5, 0.6) is 5.75 Å². The minimum absolute atomic E-state index is 0.142. The lowest BCUT2D eigenvalue weighted by molar-refractivity contribution is -0.136. The molecule has 0 aromatic heterocycles. The molecule has 3 rings (SSSR count). The van der Waals surface area contributed by atoms with Crippen molar-refractivity contribution in [3.63, 3.8) is 0 Å². The van der Waals surface area contributed by atoms with Crippen LogP contribution in [0, 0.1) is 0 Å². The Morgan fingerprint density at radius 3 is 2.50 bits per heavy atom. The number of carbonyl (C=O) groups excluding carboxylic acids is 1. The Balaban J connectivity index is 1.53. The average Bonchev–Trinajstić information content (AvgIpc) is 2.67. The third-order valence-corrected chi connectivity index (χ3v) is 5.15. The van der Waals surface area contributed by atoms with E-state index in [0.29, 0.717) is 6.04 Å². The molecule has 0 spiro atoms. The molecule has 2 fully saturated rings. The van der Waals surface area contributed by atoms with Crippen molar-refractivity contribution in [1.82, 2.24) is 9.80 Å². The number of carbonyl (C=O) groups is 1. The number of methoxy groups -OCH3 is 1. The number of rotatable bonds is 4. The van der Waals surface area contributed by atoms with Gasteiger partial charge < -0.3 is 19.6 Å². The highest BCUT2D eigenvalue weighted by Crippen LogP contribution is 2.23. The standard InChI is InChI=1S/C18H27N3O3/c1-24-17-6-4-15(5-7-17)19-9-11-20(12-10-19)16-3-2-8-21(13-16)18(23)14-22/h4-7,16,22H,2-3,8-14H2,1H3/t16-/m0/s1. The molecule has 0 unspecified atom stereocenters. The first-order chi connectivity index (χ1) is 11.7. The summed E-state index contributed by atoms with van der Waals surface area (Å²) >= 11 is 0. The minimum Gasteiger partial charge on any atom is -0.497 e. The molecule has 0 radical (unpaired) electrons. The lowest BCUT2D eigenvalue weighted by Gasteiger charge is -2.43. The number of hydrogen-bond donors (Lipinski definition) is 1. The van der Waals surface area contributed by atoms with Gasteiger partial charge in [-0.2, -0.15) is 0 Å². The second-order valence-electron chi connectivity index (χ2n) is 6.51. The summed E-state index contributed by atoms with van der Waals surface area (Å²) in [5, 5.41) is 9.06. The molecule has 6 heteroatoms. The molecule has 1 amide bonds. The van der Waals surface area contributed by atoms with Crippen LogP contribution in [0.15, 0.2) is 24.3 Å². The van der Waals surface area contributed by atoms with E-state index in [-0.39, 0.29) is 12.5 Å². The quantitative estimate of drug-likeness (QED) is 0.883. The number of aliphatic hydroxyl groups excluding tert-OH is 1. The predicted octanol–water partition coefficient (Wildman–Crippen LogP) is 0.800. The van der Waals surface area contributed by atoms with E-state index in [4.69, 9.17) is 9.84 Å². The Bertz CT molecular complexity index is 541. The number of amides is 1. The van der Waals surface area contributed by atoms with E-state index >= 15 is 0 Å². The number of nitrogens with zero attached hydrogens (tertiary/aromatic N) is 3. The van der Waals surface area contributed by atoms with Crippen LogP contribution >= 0.6 is 0 Å². The van der Waals surface area contributed by atoms with Crippen molar-refractivity contribution in [1.29, 1.82) is 0 Å². The van der Waals surface area contributed by atoms with Crippen LogP contribution in [-0.2, 0) is 4.79 Å². The highest BCUT2D eigenvalue weighted by molar-refractivity contribution is 5.77. The van der Waals surface area contributed by atoms with Crippen molar-refractivity contribution >= 4 is 11.6 Å². The Kier molecular flexibility index (Phi) is 5.58. The van der Waals surface area contributed by atoms with E-state index in [1.165, 1.54) is 5.69 Å². The van der Waals surface area contributed by atoms with Crippen LogP contribution in [0.4, 0.5) is 5.69 Å². The maximum atomic E-state index is 11.7. The fraction of sp³-hybridized carbons (Fsp3) is 0.611. The van der Waals surface area contributed by atoms with E-state index in [2.05, 4.69) is 21.9 Å². The summed E-state index contributed by atoms with van der Waals surface area (Å²) in [5.41, 5.74) is 1.23. The van der Waals surface area contributed by atoms with Gasteiger partial charge in [0.15, 0.2) is 0 Å². The molecule has 1 N–H and O–H groups in total. The maximum Gasteiger partial charge on any atom is 0.248 e. The molecule has 0 bridgehead atoms. The number of piperidine rings is 1. The molecule has 2 aliphatic heterocycles. The molecular formula is C18H27N3O3. The maximum absolute atomic E-state index is 11.7. The smallest absolute Gasteiger partial charge is 0.248 e. The van der Waals surface area contributed by atoms with E-state index < -0.39 is 0 Å². The van der Waals surface area contributed by atoms with Crippen LogP contribution in [0.25, 0.3) is 0 Å². The van der Waals surface area contributed by atoms with Crippen molar-refractivity contribution in [2.45, 2.75) is 18.9 Å². The summed E-state index contributed by atoms with van der Waals surface area (Å²) in [5.74, 6) is 0.741. The molecule has 1 aromatic rings. The predicted molar refractivity (Wildman–Crippen MR) is 93.5 cm³/mol. The van der Waals surface area contributed by atoms with Gasteiger partial charge in [0.1, 0.15) is 12.4 Å². The summed E-state index contributed by atoms with van der Waals surface area (Å²) in [4.78, 5) is 18.4. The number of piperazine rings is 1. The van der Waals surface area contributed by atoms with Gasteiger partial charge in [-0.15, -0.1) is 0 Å². The molecule has 2 aliphatic rings. The molecule has 24 heavy (non-hydrogen) atoms. The van der Waals surface area contributed by atoms with E-state index in [0.717, 1.165) is 57.9 Å². The number of anilines is 1. The summed E-state index contributed by atoms with van der Waals surface area (Å²) in [6, 6.07) is 8.64. The van der Waals surface area contributed by atoms with Crippen molar-refractivity contribution in [3.8, 4) is 5.75 Å². The Morgan fingerprint density at radius 2 is 1.88 bits per heavy atom. The zero-order valence-corrected chi connectivity index (χ0v) is 14.4. The average molecular weight is 333 g/mol. The second kappa shape index (κ2) is 7.85. The molecular weight excluding hydrogens is 306 g/mol. The van der Waals surface area contributed by atoms with Crippen molar-refractivity contribution < 1.29 is 14.6 Å². The fourth-order valence-electron chi connectivity index (χ4n) is 3.72. The lowest BCUT2D eigenvalue weighted by atomic mass is 10.0. The van der Waals surface area contributed by atoms with Crippen LogP contribution in [0.1, 0.15) is 12.8 Å². The number of benzene rings is 1. The van der Waals surface area contributed by atoms with Crippen LogP contribution in [0.2, 0.25) is 0 Å². The Hall–Kier alpha value is -1.79. The highest BCUT2D eigenvalue weighted by atomic mass is 16.5. The van der Waals surface area contributed by atoms with Crippen molar-refractivity contribution in [2.24, 2.45) is 0 Å². The zero-order valence-electron chi connectivity index (χ0n) is 14.4. The molecule has 1 aromatic carbocycles. The monoisotopic (exact) mass is 333 g/mol. The van der Waals surface area contributed by atoms with Gasteiger partial charge in [0.05, 0.1) is 7.11 Å². The van der Waals surface area contributed by atoms with Crippen LogP contribution < -0.4 is 9.64 Å². The van der Waals surface area contributed by atoms with Gasteiger partial charge in [0.25, 0.3) is 0 Å². The van der Waals surface area contributed by atoms with Gasteiger partial charge in [-0.3, -0.25) is 9.69 Å². The Morgan fingerprint density at radius 1 is 1.17 bits per heavy atom. The van der Waals surface area contributed by atoms with Crippen molar-refractivity contribution in [2.75, 3.05) is 57.9 Å². The number of aliphatic hydroxyl groups is 1. The van der Waals surface area contributed by atoms with E-state index in [9.17, 15) is 4.79 Å². The third kappa shape index (κ3) is 3.82. The van der Waals surface area contributed by atoms with Gasteiger partial charge in [0, 0.05) is 51.0 Å². The van der Waals surface area contributed by atoms with Gasteiger partial charge in [-0.1, -0.05) is 0 Å². The lowest BCUT2D eigenvalue weighted by Crippen LogP contribution is -2.56. The zero-order chi connectivity index (χ0) is 16.9. The first-order valence-corrected chi connectivity index (χ1v) is 8.73. The topological polar surface area (TPSA) is 56.2 Å². The molecule has 2 heterocycles. The number of likely N-dealkylation sites (tertiary alicyclic amines) is 1. The van der Waals surface area contributed by atoms with Crippen molar-refractivity contribution in [3.05, 3.63) is 24.3 Å². The number of ether oxygens (including phenoxy) is 1. The first-order valence-electron chi connectivity index (χ1n) is 8.73. The summed E-state index contributed by atoms with van der Waals surface area (Å²) in [6.07, 6.45) is 2.16. The van der Waals surface area contributed by atoms with Gasteiger partial charge >= 0.3 is 0 Å². The first kappa shape index (κ1) is 17.0.